The van der Waals surface area contributed by atoms with Gasteiger partial charge in [0.15, 0.2) is 0 Å². The summed E-state index contributed by atoms with van der Waals surface area (Å²) in [6.45, 7) is 12.3. The van der Waals surface area contributed by atoms with Crippen LogP contribution in [0.3, 0.4) is 0 Å². The molecule has 0 saturated heterocycles. The minimum atomic E-state index is -0.290. The van der Waals surface area contributed by atoms with Gasteiger partial charge in [0, 0.05) is 16.2 Å². The Balaban J connectivity index is 1.33. The molecule has 1 atom stereocenters. The smallest absolute Gasteiger partial charge is 0.0556 e. The van der Waals surface area contributed by atoms with Crippen LogP contribution in [0.5, 0.6) is 0 Å². The van der Waals surface area contributed by atoms with Crippen LogP contribution in [0.15, 0.2) is 146 Å². The minimum Gasteiger partial charge on any atom is -0.309 e. The van der Waals surface area contributed by atoms with Gasteiger partial charge in [0.05, 0.1) is 17.1 Å². The van der Waals surface area contributed by atoms with Gasteiger partial charge in [-0.1, -0.05) is 155 Å². The van der Waals surface area contributed by atoms with Crippen LogP contribution in [-0.4, -0.2) is 0 Å². The summed E-state index contributed by atoms with van der Waals surface area (Å²) >= 11 is 0. The van der Waals surface area contributed by atoms with E-state index in [0.29, 0.717) is 0 Å². The first-order chi connectivity index (χ1) is 24.7. The van der Waals surface area contributed by atoms with Gasteiger partial charge in [-0.15, -0.1) is 0 Å². The second-order valence-electron chi connectivity index (χ2n) is 16.2. The molecule has 1 nitrogen and oxygen atoms in total. The Kier molecular flexibility index (Phi) is 5.46. The standard InChI is InChI=1S/C50H39N/c1-48(2)38-22-12-9-19-33(38)36-29-37-34-20-10-13-23-39(34)49(3,4)46(37)47(45(36)48)51-42-25-15-21-35-32-18-11-14-24-40(32)50(5,44(35)42)41-27-26-31(28-43(41)51)30-16-7-6-8-17-30/h6-29H,1-5H3. The van der Waals surface area contributed by atoms with E-state index < -0.39 is 0 Å². The van der Waals surface area contributed by atoms with Gasteiger partial charge in [0.1, 0.15) is 0 Å². The van der Waals surface area contributed by atoms with Crippen molar-refractivity contribution in [3.05, 3.63) is 185 Å². The molecule has 3 aliphatic carbocycles. The molecule has 1 aliphatic heterocycles. The highest BCUT2D eigenvalue weighted by Gasteiger charge is 2.52. The molecule has 11 rings (SSSR count). The van der Waals surface area contributed by atoms with E-state index in [2.05, 4.69) is 185 Å². The molecule has 51 heavy (non-hydrogen) atoms. The zero-order chi connectivity index (χ0) is 34.4. The maximum Gasteiger partial charge on any atom is 0.0556 e. The van der Waals surface area contributed by atoms with Crippen molar-refractivity contribution in [2.45, 2.75) is 50.9 Å². The fraction of sp³-hybridized carbons (Fsp3) is 0.160. The average molecular weight is 654 g/mol. The topological polar surface area (TPSA) is 3.24 Å². The molecule has 7 aromatic carbocycles. The zero-order valence-electron chi connectivity index (χ0n) is 29.8. The Labute approximate surface area is 300 Å². The van der Waals surface area contributed by atoms with Crippen molar-refractivity contribution in [2.24, 2.45) is 0 Å². The summed E-state index contributed by atoms with van der Waals surface area (Å²) in [7, 11) is 0. The van der Waals surface area contributed by atoms with Crippen molar-refractivity contribution in [1.82, 2.24) is 0 Å². The van der Waals surface area contributed by atoms with Crippen LogP contribution >= 0.6 is 0 Å². The second kappa shape index (κ2) is 9.56. The van der Waals surface area contributed by atoms with Gasteiger partial charge in [-0.3, -0.25) is 0 Å². The zero-order valence-corrected chi connectivity index (χ0v) is 29.8. The summed E-state index contributed by atoms with van der Waals surface area (Å²) < 4.78 is 0. The van der Waals surface area contributed by atoms with Gasteiger partial charge >= 0.3 is 0 Å². The van der Waals surface area contributed by atoms with E-state index in [1.165, 1.54) is 101 Å². The molecular weight excluding hydrogens is 615 g/mol. The van der Waals surface area contributed by atoms with Gasteiger partial charge in [-0.25, -0.2) is 0 Å². The molecule has 0 fully saturated rings. The highest BCUT2D eigenvalue weighted by Crippen LogP contribution is 2.67. The monoisotopic (exact) mass is 653 g/mol. The number of rotatable bonds is 2. The van der Waals surface area contributed by atoms with Crippen molar-refractivity contribution in [3.8, 4) is 44.5 Å². The third kappa shape index (κ3) is 3.43. The molecular formula is C50H39N. The number of benzene rings is 7. The van der Waals surface area contributed by atoms with Gasteiger partial charge in [0.25, 0.3) is 0 Å². The lowest BCUT2D eigenvalue weighted by Gasteiger charge is -2.45. The van der Waals surface area contributed by atoms with Crippen LogP contribution in [0, 0.1) is 0 Å². The van der Waals surface area contributed by atoms with Crippen molar-refractivity contribution >= 4 is 17.1 Å². The van der Waals surface area contributed by atoms with Gasteiger partial charge in [-0.2, -0.15) is 0 Å². The van der Waals surface area contributed by atoms with E-state index in [0.717, 1.165) is 0 Å². The molecule has 1 heteroatoms. The predicted molar refractivity (Wildman–Crippen MR) is 213 cm³/mol. The maximum atomic E-state index is 2.72. The lowest BCUT2D eigenvalue weighted by molar-refractivity contribution is 0.637. The van der Waals surface area contributed by atoms with Crippen LogP contribution in [0.2, 0.25) is 0 Å². The molecule has 244 valence electrons. The minimum absolute atomic E-state index is 0.208. The number of fused-ring (bicyclic) bond motifs is 11. The van der Waals surface area contributed by atoms with E-state index in [-0.39, 0.29) is 16.2 Å². The molecule has 0 aromatic heterocycles. The summed E-state index contributed by atoms with van der Waals surface area (Å²) in [5, 5.41) is 0. The Morgan fingerprint density at radius 3 is 1.51 bits per heavy atom. The van der Waals surface area contributed by atoms with Crippen molar-refractivity contribution in [3.63, 3.8) is 0 Å². The van der Waals surface area contributed by atoms with Crippen LogP contribution in [0.4, 0.5) is 17.1 Å². The normalized spacial score (nSPS) is 18.6. The summed E-state index contributed by atoms with van der Waals surface area (Å²) in [6, 6.07) is 55.1. The van der Waals surface area contributed by atoms with E-state index in [1.54, 1.807) is 0 Å². The maximum absolute atomic E-state index is 2.72. The highest BCUT2D eigenvalue weighted by molar-refractivity contribution is 6.04. The van der Waals surface area contributed by atoms with Crippen LogP contribution < -0.4 is 4.90 Å². The third-order valence-corrected chi connectivity index (χ3v) is 13.0. The van der Waals surface area contributed by atoms with Crippen LogP contribution in [0.1, 0.15) is 73.6 Å². The van der Waals surface area contributed by atoms with E-state index in [4.69, 9.17) is 0 Å². The Morgan fingerprint density at radius 1 is 0.353 bits per heavy atom. The molecule has 0 amide bonds. The molecule has 4 aliphatic rings. The fourth-order valence-corrected chi connectivity index (χ4v) is 10.7. The lowest BCUT2D eigenvalue weighted by Crippen LogP contribution is -2.34. The first kappa shape index (κ1) is 29.1. The molecule has 0 radical (unpaired) electrons. The number of hydrogen-bond acceptors (Lipinski definition) is 1. The van der Waals surface area contributed by atoms with E-state index in [9.17, 15) is 0 Å². The molecule has 1 heterocycles. The Morgan fingerprint density at radius 2 is 0.882 bits per heavy atom. The Bertz CT molecular complexity index is 2570. The van der Waals surface area contributed by atoms with E-state index in [1.807, 2.05) is 0 Å². The van der Waals surface area contributed by atoms with Crippen molar-refractivity contribution in [2.75, 3.05) is 4.90 Å². The van der Waals surface area contributed by atoms with E-state index >= 15 is 0 Å². The first-order valence-electron chi connectivity index (χ1n) is 18.4. The second-order valence-corrected chi connectivity index (χ2v) is 16.2. The summed E-state index contributed by atoms with van der Waals surface area (Å²) in [6.07, 6.45) is 0. The molecule has 0 bridgehead atoms. The average Bonchev–Trinajstić information content (AvgIpc) is 3.67. The first-order valence-corrected chi connectivity index (χ1v) is 18.4. The quantitative estimate of drug-likeness (QED) is 0.179. The molecule has 1 unspecified atom stereocenters. The largest absolute Gasteiger partial charge is 0.309 e. The summed E-state index contributed by atoms with van der Waals surface area (Å²) in [5.74, 6) is 0. The number of anilines is 3. The van der Waals surface area contributed by atoms with Gasteiger partial charge < -0.3 is 4.90 Å². The molecule has 0 N–H and O–H groups in total. The van der Waals surface area contributed by atoms with Crippen LogP contribution in [-0.2, 0) is 16.2 Å². The van der Waals surface area contributed by atoms with Gasteiger partial charge in [0.2, 0.25) is 0 Å². The number of hydrogen-bond donors (Lipinski definition) is 0. The van der Waals surface area contributed by atoms with Crippen molar-refractivity contribution in [1.29, 1.82) is 0 Å². The SMILES string of the molecule is CC1(C)c2ccccc2-c2cc3c(c(N4c5cc(-c6ccccc6)ccc5C5(C)c6ccccc6-c6cccc4c65)c21)C(C)(C)c1ccccc1-3. The van der Waals surface area contributed by atoms with Crippen LogP contribution in [0.25, 0.3) is 44.5 Å². The Hall–Kier alpha value is -5.66. The van der Waals surface area contributed by atoms with Crippen molar-refractivity contribution < 1.29 is 0 Å². The van der Waals surface area contributed by atoms with Gasteiger partial charge in [-0.05, 0) is 109 Å². The predicted octanol–water partition coefficient (Wildman–Crippen LogP) is 13.1. The molecule has 0 spiro atoms. The highest BCUT2D eigenvalue weighted by atomic mass is 15.2. The number of nitrogens with zero attached hydrogens (tertiary/aromatic N) is 1. The molecule has 0 saturated carbocycles. The lowest BCUT2D eigenvalue weighted by atomic mass is 9.69. The summed E-state index contributed by atoms with van der Waals surface area (Å²) in [5.41, 5.74) is 23.6. The summed E-state index contributed by atoms with van der Waals surface area (Å²) in [4.78, 5) is 2.72. The fourth-order valence-electron chi connectivity index (χ4n) is 10.7. The molecule has 7 aromatic rings. The third-order valence-electron chi connectivity index (χ3n) is 13.0.